The van der Waals surface area contributed by atoms with E-state index in [4.69, 9.17) is 0 Å². The van der Waals surface area contributed by atoms with Crippen molar-refractivity contribution in [2.24, 2.45) is 0 Å². The maximum Gasteiger partial charge on any atom is 0.416 e. The smallest absolute Gasteiger partial charge is 0.416 e. The topological polar surface area (TPSA) is 145 Å². The highest BCUT2D eigenvalue weighted by Gasteiger charge is 2.37. The van der Waals surface area contributed by atoms with Gasteiger partial charge in [-0.15, -0.1) is 0 Å². The lowest BCUT2D eigenvalue weighted by atomic mass is 10.1. The third-order valence-electron chi connectivity index (χ3n) is 6.60. The van der Waals surface area contributed by atoms with Crippen molar-refractivity contribution in [1.29, 1.82) is 0 Å². The Kier molecular flexibility index (Phi) is 8.91. The number of rotatable bonds is 6. The second-order valence-electron chi connectivity index (χ2n) is 9.59. The molecule has 0 aliphatic carbocycles. The standard InChI is InChI=1S/C27H27F3N4O7/c28-27(29,30)18-9-4-8-17(12-18)23(37)32-20-14-33(24(38)16-6-2-1-3-7-16)10-5-11-34(25(20)39)15-21(35)31-19-13-22(36)41-26(19)40/h1-4,6-9,12,19-20,26,40H,5,10-11,13-15H2,(H,31,35)(H,32,37)/t19-,20-,26?/m0/s1. The van der Waals surface area contributed by atoms with Crippen LogP contribution in [-0.2, 0) is 25.3 Å². The molecule has 0 spiro atoms. The molecule has 2 aromatic carbocycles. The number of halogens is 3. The molecule has 11 nitrogen and oxygen atoms in total. The summed E-state index contributed by atoms with van der Waals surface area (Å²) in [5.74, 6) is -3.54. The zero-order chi connectivity index (χ0) is 29.7. The summed E-state index contributed by atoms with van der Waals surface area (Å²) in [6.45, 7) is -0.653. The number of nitrogens with one attached hydrogen (secondary N) is 2. The average molecular weight is 577 g/mol. The van der Waals surface area contributed by atoms with E-state index >= 15 is 0 Å². The second kappa shape index (κ2) is 12.4. The molecule has 4 amide bonds. The van der Waals surface area contributed by atoms with Gasteiger partial charge in [0.05, 0.1) is 25.1 Å². The van der Waals surface area contributed by atoms with Crippen LogP contribution < -0.4 is 10.6 Å². The first-order valence-electron chi connectivity index (χ1n) is 12.7. The molecule has 3 atom stereocenters. The van der Waals surface area contributed by atoms with Crippen LogP contribution in [0.3, 0.4) is 0 Å². The summed E-state index contributed by atoms with van der Waals surface area (Å²) in [6, 6.07) is 9.48. The summed E-state index contributed by atoms with van der Waals surface area (Å²) in [5.41, 5.74) is -1.06. The van der Waals surface area contributed by atoms with Crippen LogP contribution in [0, 0.1) is 0 Å². The van der Waals surface area contributed by atoms with Gasteiger partial charge < -0.3 is 30.3 Å². The van der Waals surface area contributed by atoms with Gasteiger partial charge in [0.25, 0.3) is 11.8 Å². The Balaban J connectivity index is 1.54. The summed E-state index contributed by atoms with van der Waals surface area (Å²) in [4.78, 5) is 66.3. The van der Waals surface area contributed by atoms with Crippen LogP contribution in [0.4, 0.5) is 13.2 Å². The highest BCUT2D eigenvalue weighted by atomic mass is 19.4. The van der Waals surface area contributed by atoms with Gasteiger partial charge in [-0.05, 0) is 36.8 Å². The fourth-order valence-electron chi connectivity index (χ4n) is 4.56. The number of hydrogen-bond donors (Lipinski definition) is 3. The summed E-state index contributed by atoms with van der Waals surface area (Å²) in [6.07, 6.45) is -6.21. The van der Waals surface area contributed by atoms with Crippen molar-refractivity contribution in [2.75, 3.05) is 26.2 Å². The molecule has 2 heterocycles. The van der Waals surface area contributed by atoms with E-state index in [1.165, 1.54) is 4.90 Å². The number of aliphatic hydroxyl groups excluding tert-OH is 1. The molecule has 2 saturated heterocycles. The molecule has 2 aliphatic heterocycles. The Hall–Kier alpha value is -4.46. The Morgan fingerprint density at radius 3 is 2.34 bits per heavy atom. The number of ether oxygens (including phenoxy) is 1. The van der Waals surface area contributed by atoms with Gasteiger partial charge in [0.2, 0.25) is 18.1 Å². The predicted octanol–water partition coefficient (Wildman–Crippen LogP) is 0.929. The largest absolute Gasteiger partial charge is 0.434 e. The minimum absolute atomic E-state index is 0.00338. The van der Waals surface area contributed by atoms with Crippen LogP contribution >= 0.6 is 0 Å². The highest BCUT2D eigenvalue weighted by Crippen LogP contribution is 2.29. The van der Waals surface area contributed by atoms with Crippen LogP contribution in [0.5, 0.6) is 0 Å². The van der Waals surface area contributed by atoms with Crippen molar-refractivity contribution in [3.8, 4) is 0 Å². The van der Waals surface area contributed by atoms with Gasteiger partial charge in [-0.1, -0.05) is 24.3 Å². The number of esters is 1. The maximum absolute atomic E-state index is 13.6. The van der Waals surface area contributed by atoms with E-state index in [2.05, 4.69) is 15.4 Å². The number of hydrogen-bond acceptors (Lipinski definition) is 7. The van der Waals surface area contributed by atoms with Gasteiger partial charge in [-0.3, -0.25) is 24.0 Å². The van der Waals surface area contributed by atoms with Crippen LogP contribution in [0.1, 0.15) is 39.1 Å². The number of aliphatic hydroxyl groups is 1. The second-order valence-corrected chi connectivity index (χ2v) is 9.59. The van der Waals surface area contributed by atoms with Crippen LogP contribution in [0.25, 0.3) is 0 Å². The van der Waals surface area contributed by atoms with Gasteiger partial charge in [0, 0.05) is 24.2 Å². The van der Waals surface area contributed by atoms with Crippen molar-refractivity contribution < 1.29 is 47.0 Å². The van der Waals surface area contributed by atoms with E-state index in [9.17, 15) is 42.3 Å². The molecular weight excluding hydrogens is 549 g/mol. The third kappa shape index (κ3) is 7.39. The lowest BCUT2D eigenvalue weighted by Gasteiger charge is -2.35. The van der Waals surface area contributed by atoms with Crippen molar-refractivity contribution in [2.45, 2.75) is 37.4 Å². The SMILES string of the molecule is O=C(CN1CCCN(C(=O)c2ccccc2)C[C@H](NC(=O)c2cccc(C(F)(F)F)c2)C1=O)N[C@H]1CC(=O)OC1O. The molecule has 2 aliphatic rings. The Labute approximate surface area is 232 Å². The molecule has 0 bridgehead atoms. The molecule has 1 unspecified atom stereocenters. The van der Waals surface area contributed by atoms with E-state index < -0.39 is 66.3 Å². The molecule has 218 valence electrons. The first kappa shape index (κ1) is 29.5. The number of cyclic esters (lactones) is 1. The number of carbonyl (C=O) groups is 5. The van der Waals surface area contributed by atoms with Crippen molar-refractivity contribution in [3.05, 3.63) is 71.3 Å². The summed E-state index contributed by atoms with van der Waals surface area (Å²) in [5, 5.41) is 14.6. The van der Waals surface area contributed by atoms with Crippen LogP contribution in [-0.4, -0.2) is 89.1 Å². The monoisotopic (exact) mass is 576 g/mol. The van der Waals surface area contributed by atoms with E-state index in [0.29, 0.717) is 11.6 Å². The summed E-state index contributed by atoms with van der Waals surface area (Å²) in [7, 11) is 0. The normalized spacial score (nSPS) is 21.5. The lowest BCUT2D eigenvalue weighted by Crippen LogP contribution is -2.58. The van der Waals surface area contributed by atoms with Crippen molar-refractivity contribution in [3.63, 3.8) is 0 Å². The maximum atomic E-state index is 13.6. The van der Waals surface area contributed by atoms with E-state index in [0.717, 1.165) is 23.1 Å². The summed E-state index contributed by atoms with van der Waals surface area (Å²) >= 11 is 0. The number of alkyl halides is 3. The van der Waals surface area contributed by atoms with E-state index in [-0.39, 0.29) is 38.0 Å². The molecule has 0 saturated carbocycles. The van der Waals surface area contributed by atoms with Gasteiger partial charge >= 0.3 is 12.1 Å². The van der Waals surface area contributed by atoms with Crippen LogP contribution in [0.2, 0.25) is 0 Å². The quantitative estimate of drug-likeness (QED) is 0.434. The fraction of sp³-hybridized carbons (Fsp3) is 0.370. The number of carbonyl (C=O) groups excluding carboxylic acids is 5. The Morgan fingerprint density at radius 2 is 1.68 bits per heavy atom. The third-order valence-corrected chi connectivity index (χ3v) is 6.60. The molecule has 0 aromatic heterocycles. The molecule has 2 aromatic rings. The van der Waals surface area contributed by atoms with Gasteiger partial charge in [0.15, 0.2) is 0 Å². The molecule has 0 radical (unpaired) electrons. The molecule has 2 fully saturated rings. The fourth-order valence-corrected chi connectivity index (χ4v) is 4.56. The van der Waals surface area contributed by atoms with Gasteiger partial charge in [0.1, 0.15) is 12.1 Å². The molecule has 3 N–H and O–H groups in total. The Morgan fingerprint density at radius 1 is 0.976 bits per heavy atom. The van der Waals surface area contributed by atoms with Crippen molar-refractivity contribution >= 4 is 29.6 Å². The molecule has 41 heavy (non-hydrogen) atoms. The number of benzene rings is 2. The van der Waals surface area contributed by atoms with E-state index in [1.54, 1.807) is 30.3 Å². The predicted molar refractivity (Wildman–Crippen MR) is 135 cm³/mol. The first-order chi connectivity index (χ1) is 19.4. The van der Waals surface area contributed by atoms with Gasteiger partial charge in [-0.2, -0.15) is 13.2 Å². The van der Waals surface area contributed by atoms with Gasteiger partial charge in [-0.25, -0.2) is 0 Å². The van der Waals surface area contributed by atoms with E-state index in [1.807, 2.05) is 0 Å². The average Bonchev–Trinajstić information content (AvgIpc) is 3.25. The minimum Gasteiger partial charge on any atom is -0.434 e. The van der Waals surface area contributed by atoms with Crippen molar-refractivity contribution in [1.82, 2.24) is 20.4 Å². The summed E-state index contributed by atoms with van der Waals surface area (Å²) < 4.78 is 44.2. The van der Waals surface area contributed by atoms with Crippen LogP contribution in [0.15, 0.2) is 54.6 Å². The lowest BCUT2D eigenvalue weighted by molar-refractivity contribution is -0.155. The first-order valence-corrected chi connectivity index (χ1v) is 12.7. The number of nitrogens with zero attached hydrogens (tertiary/aromatic N) is 2. The Bertz CT molecular complexity index is 1320. The zero-order valence-electron chi connectivity index (χ0n) is 21.6. The number of amides is 4. The molecular formula is C27H27F3N4O7. The zero-order valence-corrected chi connectivity index (χ0v) is 21.6. The highest BCUT2D eigenvalue weighted by molar-refractivity contribution is 5.99. The molecule has 4 rings (SSSR count). The minimum atomic E-state index is -4.70. The molecule has 14 heteroatoms.